The number of rotatable bonds is 5. The number of phenols is 1. The number of carbonyl (C=O) groups excluding carboxylic acids is 1. The van der Waals surface area contributed by atoms with Crippen LogP contribution in [0.4, 0.5) is 0 Å². The van der Waals surface area contributed by atoms with E-state index in [2.05, 4.69) is 22.4 Å². The molecule has 0 fully saturated rings. The third-order valence-corrected chi connectivity index (χ3v) is 3.62. The Bertz CT molecular complexity index is 778. The molecule has 0 aliphatic carbocycles. The fourth-order valence-electron chi connectivity index (χ4n) is 2.47. The molecule has 0 aliphatic rings. The molecule has 0 bridgehead atoms. The lowest BCUT2D eigenvalue weighted by atomic mass is 10.1. The minimum absolute atomic E-state index is 0.122. The zero-order valence-electron chi connectivity index (χ0n) is 12.2. The van der Waals surface area contributed by atoms with Crippen LogP contribution in [0.5, 0.6) is 5.75 Å². The third-order valence-electron chi connectivity index (χ3n) is 3.62. The molecule has 0 aliphatic heterocycles. The summed E-state index contributed by atoms with van der Waals surface area (Å²) >= 11 is 0. The predicted octanol–water partition coefficient (Wildman–Crippen LogP) is 3.24. The predicted molar refractivity (Wildman–Crippen MR) is 87.1 cm³/mol. The minimum atomic E-state index is -0.122. The summed E-state index contributed by atoms with van der Waals surface area (Å²) in [6.45, 7) is 0.633. The van der Waals surface area contributed by atoms with E-state index in [1.165, 1.54) is 5.56 Å². The van der Waals surface area contributed by atoms with Crippen molar-refractivity contribution in [3.63, 3.8) is 0 Å². The van der Waals surface area contributed by atoms with Crippen LogP contribution < -0.4 is 5.32 Å². The lowest BCUT2D eigenvalue weighted by Gasteiger charge is -2.04. The average Bonchev–Trinajstić information content (AvgIpc) is 2.95. The van der Waals surface area contributed by atoms with Gasteiger partial charge >= 0.3 is 0 Å². The smallest absolute Gasteiger partial charge is 0.267 e. The highest BCUT2D eigenvalue weighted by molar-refractivity contribution is 5.98. The lowest BCUT2D eigenvalue weighted by Crippen LogP contribution is -2.25. The van der Waals surface area contributed by atoms with Crippen LogP contribution in [0, 0.1) is 0 Å². The van der Waals surface area contributed by atoms with Crippen molar-refractivity contribution < 1.29 is 9.90 Å². The Labute approximate surface area is 128 Å². The number of hydrogen-bond donors (Lipinski definition) is 3. The number of fused-ring (bicyclic) bond motifs is 1. The standard InChI is InChI=1S/C18H18N2O2/c21-15-9-8-14-11-17(20-16(14)12-15)18(22)19-10-4-7-13-5-2-1-3-6-13/h1-3,5-6,8-9,11-12,20-21H,4,7,10H2,(H,19,22). The molecule has 0 saturated heterocycles. The van der Waals surface area contributed by atoms with Crippen LogP contribution in [-0.4, -0.2) is 22.5 Å². The van der Waals surface area contributed by atoms with E-state index in [9.17, 15) is 9.90 Å². The molecule has 4 nitrogen and oxygen atoms in total. The molecule has 2 aromatic carbocycles. The van der Waals surface area contributed by atoms with E-state index in [1.807, 2.05) is 18.2 Å². The summed E-state index contributed by atoms with van der Waals surface area (Å²) in [5.41, 5.74) is 2.55. The molecule has 0 unspecified atom stereocenters. The molecular formula is C18H18N2O2. The maximum atomic E-state index is 12.1. The fraction of sp³-hybridized carbons (Fsp3) is 0.167. The van der Waals surface area contributed by atoms with Crippen LogP contribution in [0.25, 0.3) is 10.9 Å². The summed E-state index contributed by atoms with van der Waals surface area (Å²) in [4.78, 5) is 15.1. The highest BCUT2D eigenvalue weighted by Gasteiger charge is 2.09. The van der Waals surface area contributed by atoms with Crippen molar-refractivity contribution in [2.75, 3.05) is 6.54 Å². The second-order valence-corrected chi connectivity index (χ2v) is 5.30. The van der Waals surface area contributed by atoms with Crippen LogP contribution >= 0.6 is 0 Å². The number of aryl methyl sites for hydroxylation is 1. The van der Waals surface area contributed by atoms with Gasteiger partial charge in [0.25, 0.3) is 5.91 Å². The molecule has 3 rings (SSSR count). The number of nitrogens with one attached hydrogen (secondary N) is 2. The number of aromatic hydroxyl groups is 1. The molecule has 1 aromatic heterocycles. The van der Waals surface area contributed by atoms with Crippen molar-refractivity contribution in [1.29, 1.82) is 0 Å². The molecular weight excluding hydrogens is 276 g/mol. The van der Waals surface area contributed by atoms with E-state index in [4.69, 9.17) is 0 Å². The van der Waals surface area contributed by atoms with E-state index in [-0.39, 0.29) is 11.7 Å². The Hall–Kier alpha value is -2.75. The second kappa shape index (κ2) is 6.35. The van der Waals surface area contributed by atoms with Crippen LogP contribution in [-0.2, 0) is 6.42 Å². The summed E-state index contributed by atoms with van der Waals surface area (Å²) in [5.74, 6) is 0.0629. The summed E-state index contributed by atoms with van der Waals surface area (Å²) in [5, 5.41) is 13.3. The van der Waals surface area contributed by atoms with Gasteiger partial charge in [-0.05, 0) is 36.6 Å². The molecule has 112 valence electrons. The van der Waals surface area contributed by atoms with Gasteiger partial charge in [0, 0.05) is 23.5 Å². The quantitative estimate of drug-likeness (QED) is 0.632. The molecule has 0 spiro atoms. The highest BCUT2D eigenvalue weighted by atomic mass is 16.3. The van der Waals surface area contributed by atoms with Crippen molar-refractivity contribution in [3.05, 3.63) is 65.9 Å². The van der Waals surface area contributed by atoms with Gasteiger partial charge in [-0.1, -0.05) is 30.3 Å². The van der Waals surface area contributed by atoms with E-state index in [1.54, 1.807) is 24.3 Å². The largest absolute Gasteiger partial charge is 0.508 e. The van der Waals surface area contributed by atoms with Crippen LogP contribution in [0.1, 0.15) is 22.5 Å². The second-order valence-electron chi connectivity index (χ2n) is 5.30. The van der Waals surface area contributed by atoms with Gasteiger partial charge in [-0.15, -0.1) is 0 Å². The van der Waals surface area contributed by atoms with Gasteiger partial charge < -0.3 is 15.4 Å². The molecule has 4 heteroatoms. The maximum absolute atomic E-state index is 12.1. The highest BCUT2D eigenvalue weighted by Crippen LogP contribution is 2.20. The maximum Gasteiger partial charge on any atom is 0.267 e. The summed E-state index contributed by atoms with van der Waals surface area (Å²) < 4.78 is 0. The monoisotopic (exact) mass is 294 g/mol. The third kappa shape index (κ3) is 3.28. The van der Waals surface area contributed by atoms with Gasteiger partial charge in [0.15, 0.2) is 0 Å². The number of phenolic OH excluding ortho intramolecular Hbond substituents is 1. The lowest BCUT2D eigenvalue weighted by molar-refractivity contribution is 0.0949. The number of hydrogen-bond acceptors (Lipinski definition) is 2. The zero-order valence-corrected chi connectivity index (χ0v) is 12.2. The first kappa shape index (κ1) is 14.2. The first-order valence-corrected chi connectivity index (χ1v) is 7.36. The first-order chi connectivity index (χ1) is 10.7. The van der Waals surface area contributed by atoms with Gasteiger partial charge in [0.1, 0.15) is 11.4 Å². The average molecular weight is 294 g/mol. The van der Waals surface area contributed by atoms with Crippen LogP contribution in [0.3, 0.4) is 0 Å². The van der Waals surface area contributed by atoms with Crippen molar-refractivity contribution in [2.45, 2.75) is 12.8 Å². The van der Waals surface area contributed by atoms with E-state index < -0.39 is 0 Å². The Morgan fingerprint density at radius 1 is 1.09 bits per heavy atom. The normalized spacial score (nSPS) is 10.7. The van der Waals surface area contributed by atoms with Crippen LogP contribution in [0.15, 0.2) is 54.6 Å². The van der Waals surface area contributed by atoms with Gasteiger partial charge in [0.2, 0.25) is 0 Å². The topological polar surface area (TPSA) is 65.1 Å². The molecule has 0 saturated carbocycles. The Kier molecular flexibility index (Phi) is 4.10. The molecule has 3 aromatic rings. The first-order valence-electron chi connectivity index (χ1n) is 7.36. The zero-order chi connectivity index (χ0) is 15.4. The number of amides is 1. The SMILES string of the molecule is O=C(NCCCc1ccccc1)c1cc2ccc(O)cc2[nH]1. The van der Waals surface area contributed by atoms with Crippen molar-refractivity contribution in [1.82, 2.24) is 10.3 Å². The van der Waals surface area contributed by atoms with Crippen molar-refractivity contribution in [3.8, 4) is 5.75 Å². The number of aromatic amines is 1. The summed E-state index contributed by atoms with van der Waals surface area (Å²) in [7, 11) is 0. The minimum Gasteiger partial charge on any atom is -0.508 e. The Morgan fingerprint density at radius 3 is 2.73 bits per heavy atom. The molecule has 1 heterocycles. The molecule has 0 atom stereocenters. The van der Waals surface area contributed by atoms with Crippen LogP contribution in [0.2, 0.25) is 0 Å². The van der Waals surface area contributed by atoms with Crippen molar-refractivity contribution in [2.24, 2.45) is 0 Å². The number of benzene rings is 2. The fourth-order valence-corrected chi connectivity index (χ4v) is 2.47. The van der Waals surface area contributed by atoms with Crippen molar-refractivity contribution >= 4 is 16.8 Å². The molecule has 22 heavy (non-hydrogen) atoms. The van der Waals surface area contributed by atoms with E-state index >= 15 is 0 Å². The summed E-state index contributed by atoms with van der Waals surface area (Å²) in [6, 6.07) is 17.0. The molecule has 3 N–H and O–H groups in total. The van der Waals surface area contributed by atoms with Gasteiger partial charge in [0.05, 0.1) is 0 Å². The Morgan fingerprint density at radius 2 is 1.91 bits per heavy atom. The number of aromatic nitrogens is 1. The van der Waals surface area contributed by atoms with E-state index in [0.29, 0.717) is 12.2 Å². The van der Waals surface area contributed by atoms with Gasteiger partial charge in [-0.3, -0.25) is 4.79 Å². The number of H-pyrrole nitrogens is 1. The van der Waals surface area contributed by atoms with Gasteiger partial charge in [-0.25, -0.2) is 0 Å². The molecule has 0 radical (unpaired) electrons. The van der Waals surface area contributed by atoms with E-state index in [0.717, 1.165) is 23.7 Å². The summed E-state index contributed by atoms with van der Waals surface area (Å²) in [6.07, 6.45) is 1.85. The Balaban J connectivity index is 1.54. The van der Waals surface area contributed by atoms with Gasteiger partial charge in [-0.2, -0.15) is 0 Å². The molecule has 1 amide bonds. The number of carbonyl (C=O) groups is 1.